The lowest BCUT2D eigenvalue weighted by Crippen LogP contribution is -2.73. The van der Waals surface area contributed by atoms with Gasteiger partial charge in [-0.1, -0.05) is 183 Å². The average Bonchev–Trinajstić information content (AvgIpc) is 3.32. The zero-order valence-electron chi connectivity index (χ0n) is 45.3. The molecule has 3 saturated heterocycles. The van der Waals surface area contributed by atoms with Crippen molar-refractivity contribution in [1.82, 2.24) is 0 Å². The zero-order chi connectivity index (χ0) is 52.1. The Hall–Kier alpha value is -3.23. The van der Waals surface area contributed by atoms with E-state index in [1.165, 1.54) is 11.8 Å². The van der Waals surface area contributed by atoms with E-state index in [9.17, 15) is 4.79 Å². The fourth-order valence-corrected chi connectivity index (χ4v) is 16.9. The molecule has 3 aliphatic rings. The van der Waals surface area contributed by atoms with Crippen molar-refractivity contribution in [3.8, 4) is 0 Å². The van der Waals surface area contributed by atoms with Crippen molar-refractivity contribution in [2.24, 2.45) is 5.41 Å². The second kappa shape index (κ2) is 23.3. The number of esters is 1. The van der Waals surface area contributed by atoms with Crippen LogP contribution in [0, 0.1) is 5.41 Å². The molecule has 0 N–H and O–H groups in total. The highest BCUT2D eigenvalue weighted by Gasteiger charge is 2.66. The van der Waals surface area contributed by atoms with E-state index in [0.29, 0.717) is 6.61 Å². The third-order valence-corrected chi connectivity index (χ3v) is 25.0. The third-order valence-electron chi connectivity index (χ3n) is 14.3. The lowest BCUT2D eigenvalue weighted by molar-refractivity contribution is -0.345. The van der Waals surface area contributed by atoms with Crippen LogP contribution in [0.3, 0.4) is 0 Å². The topological polar surface area (TPSA) is 109 Å². The quantitative estimate of drug-likeness (QED) is 0.0742. The molecule has 0 aromatic heterocycles. The SMILES string of the molecule is CC(C)(C)C(=O)O[C@@H]1[C@@H](O[C@H]2[C@@H](OCc3ccccc3)[C@H](OCc3ccccc3)[C@@H](COCc3ccccc3)O[C@@H]2Sc2ccccc2)O[C@@H]2CO[Si](C(C)(C)C)(C(C)(C)C)O[C@H]2[C@@H]1O[Si](C)(C)C(C)(C)C. The van der Waals surface area contributed by atoms with Crippen LogP contribution in [0.1, 0.15) is 99.8 Å². The number of rotatable bonds is 17. The van der Waals surface area contributed by atoms with Crippen molar-refractivity contribution in [2.75, 3.05) is 13.2 Å². The van der Waals surface area contributed by atoms with Crippen molar-refractivity contribution in [3.05, 3.63) is 138 Å². The Balaban J connectivity index is 1.36. The van der Waals surface area contributed by atoms with Crippen molar-refractivity contribution < 1.29 is 51.2 Å². The van der Waals surface area contributed by atoms with Crippen LogP contribution in [-0.2, 0) is 71.1 Å². The average molecular weight is 1040 g/mol. The molecule has 394 valence electrons. The number of ether oxygens (including phenoxy) is 7. The Kier molecular flexibility index (Phi) is 18.3. The van der Waals surface area contributed by atoms with Gasteiger partial charge in [0.25, 0.3) is 0 Å². The molecule has 3 fully saturated rings. The number of hydrogen-bond donors (Lipinski definition) is 0. The molecule has 0 bridgehead atoms. The maximum atomic E-state index is 14.5. The van der Waals surface area contributed by atoms with Gasteiger partial charge in [-0.05, 0) is 67.7 Å². The summed E-state index contributed by atoms with van der Waals surface area (Å²) in [6.45, 7) is 31.2. The van der Waals surface area contributed by atoms with Crippen LogP contribution >= 0.6 is 11.8 Å². The van der Waals surface area contributed by atoms with Crippen LogP contribution in [-0.4, -0.2) is 96.6 Å². The Morgan fingerprint density at radius 3 is 1.62 bits per heavy atom. The molecule has 0 saturated carbocycles. The Bertz CT molecular complexity index is 2280. The maximum absolute atomic E-state index is 14.5. The van der Waals surface area contributed by atoms with E-state index in [1.807, 2.05) is 130 Å². The van der Waals surface area contributed by atoms with E-state index in [0.717, 1.165) is 21.6 Å². The lowest BCUT2D eigenvalue weighted by atomic mass is 9.95. The van der Waals surface area contributed by atoms with Crippen LogP contribution in [0.2, 0.25) is 28.2 Å². The predicted molar refractivity (Wildman–Crippen MR) is 288 cm³/mol. The van der Waals surface area contributed by atoms with Crippen LogP contribution in [0.5, 0.6) is 0 Å². The zero-order valence-corrected chi connectivity index (χ0v) is 48.1. The van der Waals surface area contributed by atoms with Crippen LogP contribution in [0.25, 0.3) is 0 Å². The van der Waals surface area contributed by atoms with Gasteiger partial charge in [0.1, 0.15) is 48.2 Å². The van der Waals surface area contributed by atoms with E-state index in [4.69, 9.17) is 46.4 Å². The van der Waals surface area contributed by atoms with E-state index in [-0.39, 0.29) is 41.5 Å². The van der Waals surface area contributed by atoms with Gasteiger partial charge in [0, 0.05) is 15.0 Å². The summed E-state index contributed by atoms with van der Waals surface area (Å²) in [6, 6.07) is 40.4. The molecule has 0 radical (unpaired) electrons. The van der Waals surface area contributed by atoms with Gasteiger partial charge in [0.15, 0.2) is 20.7 Å². The van der Waals surface area contributed by atoms with Gasteiger partial charge < -0.3 is 46.4 Å². The first kappa shape index (κ1) is 56.5. The molecule has 0 unspecified atom stereocenters. The molecule has 4 aromatic carbocycles. The molecule has 0 aliphatic carbocycles. The molecule has 0 spiro atoms. The number of carbonyl (C=O) groups is 1. The van der Waals surface area contributed by atoms with Crippen molar-refractivity contribution >= 4 is 34.6 Å². The molecule has 10 atom stereocenters. The number of fused-ring (bicyclic) bond motifs is 1. The van der Waals surface area contributed by atoms with Crippen LogP contribution < -0.4 is 0 Å². The number of carbonyl (C=O) groups excluding carboxylic acids is 1. The van der Waals surface area contributed by atoms with E-state index in [1.54, 1.807) is 0 Å². The second-order valence-electron chi connectivity index (χ2n) is 24.1. The second-order valence-corrected chi connectivity index (χ2v) is 34.8. The summed E-state index contributed by atoms with van der Waals surface area (Å²) < 4.78 is 71.8. The van der Waals surface area contributed by atoms with Gasteiger partial charge in [0.05, 0.1) is 38.4 Å². The number of benzene rings is 4. The van der Waals surface area contributed by atoms with E-state index >= 15 is 0 Å². The first-order chi connectivity index (χ1) is 33.9. The molecule has 3 heterocycles. The van der Waals surface area contributed by atoms with Gasteiger partial charge in [-0.25, -0.2) is 0 Å². The molecule has 72 heavy (non-hydrogen) atoms. The first-order valence-electron chi connectivity index (χ1n) is 25.7. The number of thioether (sulfide) groups is 1. The highest BCUT2D eigenvalue weighted by molar-refractivity contribution is 7.99. The van der Waals surface area contributed by atoms with Gasteiger partial charge in [-0.15, -0.1) is 0 Å². The molecular weight excluding hydrogens is 961 g/mol. The van der Waals surface area contributed by atoms with Gasteiger partial charge in [-0.2, -0.15) is 0 Å². The lowest BCUT2D eigenvalue weighted by Gasteiger charge is -2.59. The monoisotopic (exact) mass is 1040 g/mol. The summed E-state index contributed by atoms with van der Waals surface area (Å²) in [5, 5.41) is -0.901. The Labute approximate surface area is 437 Å². The van der Waals surface area contributed by atoms with E-state index in [2.05, 4.69) is 87.5 Å². The molecule has 0 amide bonds. The van der Waals surface area contributed by atoms with Crippen molar-refractivity contribution in [1.29, 1.82) is 0 Å². The standard InChI is InChI=1S/C58H82O11SSi2/c1-55(2,3)54(59)67-50-49(68-71(13,14)56(4,5)6)47-45(39-63-72(69-47,57(7,8)9)58(10,11)12)64-52(50)66-51-48(62-37-42-31-23-17-24-32-42)46(61-36-41-29-21-16-22-30-41)44(38-60-35-40-27-19-15-20-28-40)65-53(51)70-43-33-25-18-26-34-43/h15-34,44-53H,35-39H2,1-14H3/t44-,45-,46-,47-,48+,49+,50+,51+,52-,53-/m1/s1. The maximum Gasteiger partial charge on any atom is 0.349 e. The summed E-state index contributed by atoms with van der Waals surface area (Å²) in [4.78, 5) is 15.5. The number of hydrogen-bond acceptors (Lipinski definition) is 12. The molecule has 11 nitrogen and oxygen atoms in total. The third kappa shape index (κ3) is 13.6. The minimum atomic E-state index is -3.12. The normalized spacial score (nSPS) is 27.2. The van der Waals surface area contributed by atoms with Crippen molar-refractivity contribution in [3.63, 3.8) is 0 Å². The minimum Gasteiger partial charge on any atom is -0.454 e. The largest absolute Gasteiger partial charge is 0.454 e. The minimum absolute atomic E-state index is 0.206. The van der Waals surface area contributed by atoms with Gasteiger partial charge in [0.2, 0.25) is 0 Å². The summed E-state index contributed by atoms with van der Waals surface area (Å²) in [5.74, 6) is -0.416. The van der Waals surface area contributed by atoms with Gasteiger partial charge >= 0.3 is 14.5 Å². The molecule has 14 heteroatoms. The van der Waals surface area contributed by atoms with Gasteiger partial charge in [-0.3, -0.25) is 4.79 Å². The van der Waals surface area contributed by atoms with Crippen LogP contribution in [0.4, 0.5) is 0 Å². The molecule has 4 aromatic rings. The summed E-state index contributed by atoms with van der Waals surface area (Å²) >= 11 is 1.53. The smallest absolute Gasteiger partial charge is 0.349 e. The summed E-state index contributed by atoms with van der Waals surface area (Å²) in [6.07, 6.45) is -7.30. The fraction of sp³-hybridized carbons (Fsp3) is 0.569. The molecule has 7 rings (SSSR count). The first-order valence-corrected chi connectivity index (χ1v) is 31.3. The van der Waals surface area contributed by atoms with E-state index < -0.39 is 88.8 Å². The Morgan fingerprint density at radius 1 is 0.625 bits per heavy atom. The Morgan fingerprint density at radius 2 is 1.12 bits per heavy atom. The van der Waals surface area contributed by atoms with Crippen molar-refractivity contribution in [2.45, 2.75) is 197 Å². The highest BCUT2D eigenvalue weighted by Crippen LogP contribution is 2.56. The molecule has 3 aliphatic heterocycles. The summed E-state index contributed by atoms with van der Waals surface area (Å²) in [7, 11) is -5.77. The molecular formula is C58H82O11SSi2. The van der Waals surface area contributed by atoms with Crippen LogP contribution in [0.15, 0.2) is 126 Å². The predicted octanol–water partition coefficient (Wildman–Crippen LogP) is 12.8. The summed E-state index contributed by atoms with van der Waals surface area (Å²) in [5.41, 5.74) is 1.44. The highest BCUT2D eigenvalue weighted by atomic mass is 32.2. The fourth-order valence-electron chi connectivity index (χ4n) is 9.51.